The molecular formula is C11H14N2O6. The van der Waals surface area contributed by atoms with Crippen molar-refractivity contribution in [3.05, 3.63) is 24.2 Å². The van der Waals surface area contributed by atoms with Gasteiger partial charge in [-0.05, 0) is 12.1 Å². The fourth-order valence-electron chi connectivity index (χ4n) is 1.34. The van der Waals surface area contributed by atoms with Crippen LogP contribution in [0.15, 0.2) is 22.8 Å². The SMILES string of the molecule is CN(Cc1ccco1)C(=O)NC(CC(=O)O)C(=O)O. The number of carbonyl (C=O) groups is 3. The van der Waals surface area contributed by atoms with E-state index in [1.807, 2.05) is 0 Å². The van der Waals surface area contributed by atoms with E-state index in [0.717, 1.165) is 0 Å². The second kappa shape index (κ2) is 6.43. The van der Waals surface area contributed by atoms with Crippen molar-refractivity contribution in [3.63, 3.8) is 0 Å². The fourth-order valence-corrected chi connectivity index (χ4v) is 1.34. The molecule has 104 valence electrons. The van der Waals surface area contributed by atoms with E-state index in [4.69, 9.17) is 14.6 Å². The third-order valence-electron chi connectivity index (χ3n) is 2.29. The molecule has 2 amide bonds. The predicted octanol–water partition coefficient (Wildman–Crippen LogP) is 0.349. The third-order valence-corrected chi connectivity index (χ3v) is 2.29. The molecule has 8 nitrogen and oxygen atoms in total. The van der Waals surface area contributed by atoms with Crippen LogP contribution in [0.1, 0.15) is 12.2 Å². The van der Waals surface area contributed by atoms with Crippen molar-refractivity contribution in [1.29, 1.82) is 0 Å². The minimum absolute atomic E-state index is 0.151. The number of nitrogens with one attached hydrogen (secondary N) is 1. The molecule has 1 atom stereocenters. The number of furan rings is 1. The van der Waals surface area contributed by atoms with Gasteiger partial charge in [-0.25, -0.2) is 9.59 Å². The molecule has 0 aromatic carbocycles. The molecule has 0 aliphatic rings. The molecule has 0 saturated carbocycles. The Morgan fingerprint density at radius 2 is 2.11 bits per heavy atom. The van der Waals surface area contributed by atoms with E-state index in [2.05, 4.69) is 5.32 Å². The Labute approximate surface area is 108 Å². The molecular weight excluding hydrogens is 256 g/mol. The molecule has 0 aliphatic carbocycles. The number of carboxylic acid groups (broad SMARTS) is 2. The maximum Gasteiger partial charge on any atom is 0.326 e. The molecule has 1 aromatic heterocycles. The molecule has 3 N–H and O–H groups in total. The second-order valence-electron chi connectivity index (χ2n) is 3.87. The van der Waals surface area contributed by atoms with E-state index in [1.54, 1.807) is 12.1 Å². The fraction of sp³-hybridized carbons (Fsp3) is 0.364. The van der Waals surface area contributed by atoms with Crippen molar-refractivity contribution >= 4 is 18.0 Å². The van der Waals surface area contributed by atoms with Crippen molar-refractivity contribution in [2.75, 3.05) is 7.05 Å². The first-order valence-corrected chi connectivity index (χ1v) is 5.38. The topological polar surface area (TPSA) is 120 Å². The first-order chi connectivity index (χ1) is 8.90. The van der Waals surface area contributed by atoms with Crippen LogP contribution in [-0.2, 0) is 16.1 Å². The van der Waals surface area contributed by atoms with Crippen molar-refractivity contribution in [3.8, 4) is 0 Å². The lowest BCUT2D eigenvalue weighted by Crippen LogP contribution is -2.47. The van der Waals surface area contributed by atoms with Gasteiger partial charge in [-0.2, -0.15) is 0 Å². The molecule has 0 spiro atoms. The molecule has 19 heavy (non-hydrogen) atoms. The number of rotatable bonds is 6. The maximum atomic E-state index is 11.7. The standard InChI is InChI=1S/C11H14N2O6/c1-13(6-7-3-2-4-19-7)11(18)12-8(10(16)17)5-9(14)15/h2-4,8H,5-6H2,1H3,(H,12,18)(H,14,15)(H,16,17). The lowest BCUT2D eigenvalue weighted by atomic mass is 10.2. The molecule has 0 aliphatic heterocycles. The summed E-state index contributed by atoms with van der Waals surface area (Å²) < 4.78 is 5.04. The van der Waals surface area contributed by atoms with Crippen LogP contribution in [0.2, 0.25) is 0 Å². The van der Waals surface area contributed by atoms with E-state index < -0.39 is 30.4 Å². The summed E-state index contributed by atoms with van der Waals surface area (Å²) in [5.74, 6) is -2.17. The summed E-state index contributed by atoms with van der Waals surface area (Å²) in [6.45, 7) is 0.151. The molecule has 0 bridgehead atoms. The number of urea groups is 1. The highest BCUT2D eigenvalue weighted by atomic mass is 16.4. The van der Waals surface area contributed by atoms with Crippen molar-refractivity contribution < 1.29 is 29.0 Å². The van der Waals surface area contributed by atoms with Gasteiger partial charge in [0.25, 0.3) is 0 Å². The van der Waals surface area contributed by atoms with Crippen LogP contribution >= 0.6 is 0 Å². The first kappa shape index (κ1) is 14.6. The van der Waals surface area contributed by atoms with Crippen LogP contribution in [-0.4, -0.2) is 46.2 Å². The summed E-state index contributed by atoms with van der Waals surface area (Å²) >= 11 is 0. The second-order valence-corrected chi connectivity index (χ2v) is 3.87. The number of hydrogen-bond acceptors (Lipinski definition) is 4. The number of carboxylic acids is 2. The Kier molecular flexibility index (Phi) is 4.92. The zero-order chi connectivity index (χ0) is 14.4. The summed E-state index contributed by atoms with van der Waals surface area (Å²) in [6.07, 6.45) is 0.765. The average molecular weight is 270 g/mol. The van der Waals surface area contributed by atoms with E-state index in [-0.39, 0.29) is 6.54 Å². The van der Waals surface area contributed by atoms with E-state index in [0.29, 0.717) is 5.76 Å². The zero-order valence-electron chi connectivity index (χ0n) is 10.2. The summed E-state index contributed by atoms with van der Waals surface area (Å²) in [4.78, 5) is 34.1. The highest BCUT2D eigenvalue weighted by molar-refractivity contribution is 5.86. The van der Waals surface area contributed by atoms with Crippen LogP contribution in [0.5, 0.6) is 0 Å². The van der Waals surface area contributed by atoms with Gasteiger partial charge in [-0.1, -0.05) is 0 Å². The number of amides is 2. The van der Waals surface area contributed by atoms with Crippen LogP contribution < -0.4 is 5.32 Å². The quantitative estimate of drug-likeness (QED) is 0.686. The molecule has 1 unspecified atom stereocenters. The van der Waals surface area contributed by atoms with Gasteiger partial charge >= 0.3 is 18.0 Å². The first-order valence-electron chi connectivity index (χ1n) is 5.38. The average Bonchev–Trinajstić information content (AvgIpc) is 2.79. The Morgan fingerprint density at radius 1 is 1.42 bits per heavy atom. The monoisotopic (exact) mass is 270 g/mol. The lowest BCUT2D eigenvalue weighted by molar-refractivity contribution is -0.145. The van der Waals surface area contributed by atoms with Crippen LogP contribution in [0.4, 0.5) is 4.79 Å². The van der Waals surface area contributed by atoms with E-state index in [1.165, 1.54) is 18.2 Å². The summed E-state index contributed by atoms with van der Waals surface area (Å²) in [6, 6.07) is 1.16. The Bertz CT molecular complexity index is 456. The number of nitrogens with zero attached hydrogens (tertiary/aromatic N) is 1. The van der Waals surface area contributed by atoms with Crippen molar-refractivity contribution in [2.45, 2.75) is 19.0 Å². The van der Waals surface area contributed by atoms with Gasteiger partial charge in [-0.15, -0.1) is 0 Å². The largest absolute Gasteiger partial charge is 0.481 e. The van der Waals surface area contributed by atoms with Gasteiger partial charge in [0.15, 0.2) is 0 Å². The van der Waals surface area contributed by atoms with Gasteiger partial charge < -0.3 is 24.8 Å². The molecule has 8 heteroatoms. The lowest BCUT2D eigenvalue weighted by Gasteiger charge is -2.19. The number of carbonyl (C=O) groups excluding carboxylic acids is 1. The molecule has 1 aromatic rings. The van der Waals surface area contributed by atoms with Gasteiger partial charge in [0.2, 0.25) is 0 Å². The van der Waals surface area contributed by atoms with Crippen molar-refractivity contribution in [1.82, 2.24) is 10.2 Å². The third kappa shape index (κ3) is 4.70. The summed E-state index contributed by atoms with van der Waals surface area (Å²) in [5, 5.41) is 19.5. The van der Waals surface area contributed by atoms with Crippen LogP contribution in [0, 0.1) is 0 Å². The smallest absolute Gasteiger partial charge is 0.326 e. The molecule has 0 fully saturated rings. The van der Waals surface area contributed by atoms with Gasteiger partial charge in [0.05, 0.1) is 19.2 Å². The Balaban J connectivity index is 2.56. The van der Waals surface area contributed by atoms with Crippen molar-refractivity contribution in [2.24, 2.45) is 0 Å². The predicted molar refractivity (Wildman–Crippen MR) is 62.4 cm³/mol. The molecule has 0 radical (unpaired) electrons. The van der Waals surface area contributed by atoms with E-state index in [9.17, 15) is 14.4 Å². The van der Waals surface area contributed by atoms with Crippen LogP contribution in [0.3, 0.4) is 0 Å². The summed E-state index contributed by atoms with van der Waals surface area (Å²) in [5.41, 5.74) is 0. The van der Waals surface area contributed by atoms with Gasteiger partial charge in [0.1, 0.15) is 11.8 Å². The highest BCUT2D eigenvalue weighted by Crippen LogP contribution is 2.04. The molecule has 0 saturated heterocycles. The Hall–Kier alpha value is -2.51. The Morgan fingerprint density at radius 3 is 2.58 bits per heavy atom. The molecule has 1 rings (SSSR count). The zero-order valence-corrected chi connectivity index (χ0v) is 10.2. The normalized spacial score (nSPS) is 11.6. The molecule has 1 heterocycles. The summed E-state index contributed by atoms with van der Waals surface area (Å²) in [7, 11) is 1.44. The number of aliphatic carboxylic acids is 2. The minimum atomic E-state index is -1.47. The van der Waals surface area contributed by atoms with E-state index >= 15 is 0 Å². The minimum Gasteiger partial charge on any atom is -0.481 e. The maximum absolute atomic E-state index is 11.7. The highest BCUT2D eigenvalue weighted by Gasteiger charge is 2.24. The van der Waals surface area contributed by atoms with Gasteiger partial charge in [0, 0.05) is 7.05 Å². The van der Waals surface area contributed by atoms with Gasteiger partial charge in [-0.3, -0.25) is 4.79 Å². The van der Waals surface area contributed by atoms with Crippen LogP contribution in [0.25, 0.3) is 0 Å². The number of hydrogen-bond donors (Lipinski definition) is 3.